The molecule has 0 amide bonds. The van der Waals surface area contributed by atoms with Gasteiger partial charge in [0.05, 0.1) is 16.7 Å². The highest BCUT2D eigenvalue weighted by Gasteiger charge is 2.23. The summed E-state index contributed by atoms with van der Waals surface area (Å²) in [7, 11) is 0. The van der Waals surface area contributed by atoms with Crippen molar-refractivity contribution in [1.29, 1.82) is 0 Å². The van der Waals surface area contributed by atoms with Crippen LogP contribution < -0.4 is 0 Å². The summed E-state index contributed by atoms with van der Waals surface area (Å²) in [5, 5.41) is 18.1. The monoisotopic (exact) mass is 593 g/mol. The van der Waals surface area contributed by atoms with Crippen LogP contribution in [0.15, 0.2) is 164 Å². The molecule has 47 heavy (non-hydrogen) atoms. The number of rotatable bonds is 2. The number of para-hydroxylation sites is 1. The first-order valence-corrected chi connectivity index (χ1v) is 16.4. The third-order valence-corrected chi connectivity index (χ3v) is 10.4. The average molecular weight is 594 g/mol. The van der Waals surface area contributed by atoms with Crippen molar-refractivity contribution < 1.29 is 0 Å². The first kappa shape index (κ1) is 25.1. The van der Waals surface area contributed by atoms with Gasteiger partial charge in [0.15, 0.2) is 0 Å². The summed E-state index contributed by atoms with van der Waals surface area (Å²) in [4.78, 5) is 0. The van der Waals surface area contributed by atoms with E-state index in [9.17, 15) is 0 Å². The zero-order valence-corrected chi connectivity index (χ0v) is 25.5. The van der Waals surface area contributed by atoms with E-state index < -0.39 is 0 Å². The molecule has 1 heterocycles. The van der Waals surface area contributed by atoms with Gasteiger partial charge in [0.25, 0.3) is 0 Å². The van der Waals surface area contributed by atoms with Crippen molar-refractivity contribution in [2.45, 2.75) is 0 Å². The number of hydrogen-bond acceptors (Lipinski definition) is 0. The Bertz CT molecular complexity index is 3070. The molecule has 1 heteroatoms. The van der Waals surface area contributed by atoms with Gasteiger partial charge in [0, 0.05) is 26.9 Å². The van der Waals surface area contributed by atoms with Crippen LogP contribution in [0.2, 0.25) is 0 Å². The van der Waals surface area contributed by atoms with Gasteiger partial charge in [-0.2, -0.15) is 0 Å². The van der Waals surface area contributed by atoms with E-state index in [2.05, 4.69) is 168 Å². The highest BCUT2D eigenvalue weighted by molar-refractivity contribution is 6.39. The average Bonchev–Trinajstić information content (AvgIpc) is 3.49. The van der Waals surface area contributed by atoms with Gasteiger partial charge < -0.3 is 4.57 Å². The molecule has 0 saturated carbocycles. The SMILES string of the molecule is c1ccc2cc(-c3cc4cccc5c4c4c3cccc4c3c5c4ccccc4n3-c3cc4ccccc4c4ccccc34)ccc2c1. The van der Waals surface area contributed by atoms with Gasteiger partial charge in [-0.3, -0.25) is 0 Å². The summed E-state index contributed by atoms with van der Waals surface area (Å²) in [5.41, 5.74) is 6.25. The fourth-order valence-electron chi connectivity index (χ4n) is 8.49. The second kappa shape index (κ2) is 9.19. The molecule has 0 radical (unpaired) electrons. The summed E-state index contributed by atoms with van der Waals surface area (Å²) in [6.45, 7) is 0. The minimum atomic E-state index is 1.22. The Morgan fingerprint density at radius 3 is 1.85 bits per heavy atom. The molecule has 0 unspecified atom stereocenters. The minimum Gasteiger partial charge on any atom is -0.308 e. The highest BCUT2D eigenvalue weighted by Crippen LogP contribution is 2.48. The van der Waals surface area contributed by atoms with Crippen LogP contribution in [0.4, 0.5) is 0 Å². The van der Waals surface area contributed by atoms with Gasteiger partial charge in [-0.05, 0) is 83.9 Å². The minimum absolute atomic E-state index is 1.22. The molecule has 0 atom stereocenters. The van der Waals surface area contributed by atoms with Crippen molar-refractivity contribution in [2.75, 3.05) is 0 Å². The maximum absolute atomic E-state index is 2.55. The van der Waals surface area contributed by atoms with E-state index in [1.54, 1.807) is 0 Å². The molecule has 0 fully saturated rings. The van der Waals surface area contributed by atoms with Crippen LogP contribution in [-0.4, -0.2) is 4.57 Å². The second-order valence-electron chi connectivity index (χ2n) is 12.9. The van der Waals surface area contributed by atoms with Gasteiger partial charge in [-0.15, -0.1) is 0 Å². The van der Waals surface area contributed by atoms with E-state index in [0.717, 1.165) is 0 Å². The number of hydrogen-bond donors (Lipinski definition) is 0. The zero-order valence-electron chi connectivity index (χ0n) is 25.5. The van der Waals surface area contributed by atoms with Crippen LogP contribution in [0.5, 0.6) is 0 Å². The van der Waals surface area contributed by atoms with E-state index in [1.165, 1.54) is 103 Å². The Morgan fingerprint density at radius 2 is 0.957 bits per heavy atom. The molecular weight excluding hydrogens is 567 g/mol. The molecule has 0 aliphatic carbocycles. The predicted octanol–water partition coefficient (Wildman–Crippen LogP) is 12.8. The molecule has 216 valence electrons. The van der Waals surface area contributed by atoms with Crippen LogP contribution in [0.3, 0.4) is 0 Å². The van der Waals surface area contributed by atoms with Gasteiger partial charge in [0.1, 0.15) is 0 Å². The normalized spacial score (nSPS) is 12.3. The molecule has 0 aliphatic rings. The fraction of sp³-hybridized carbons (Fsp3) is 0. The molecule has 0 spiro atoms. The topological polar surface area (TPSA) is 4.93 Å². The van der Waals surface area contributed by atoms with Crippen molar-refractivity contribution in [1.82, 2.24) is 4.57 Å². The summed E-state index contributed by atoms with van der Waals surface area (Å²) >= 11 is 0. The maximum atomic E-state index is 2.55. The first-order valence-electron chi connectivity index (χ1n) is 16.4. The van der Waals surface area contributed by atoms with Crippen LogP contribution in [0.1, 0.15) is 0 Å². The van der Waals surface area contributed by atoms with Gasteiger partial charge in [0.2, 0.25) is 0 Å². The summed E-state index contributed by atoms with van der Waals surface area (Å²) < 4.78 is 2.55. The van der Waals surface area contributed by atoms with Crippen LogP contribution >= 0.6 is 0 Å². The van der Waals surface area contributed by atoms with Crippen molar-refractivity contribution in [3.05, 3.63) is 164 Å². The smallest absolute Gasteiger partial charge is 0.0626 e. The molecule has 11 aromatic rings. The van der Waals surface area contributed by atoms with Gasteiger partial charge in [-0.25, -0.2) is 0 Å². The summed E-state index contributed by atoms with van der Waals surface area (Å²) in [6.07, 6.45) is 0. The van der Waals surface area contributed by atoms with Crippen molar-refractivity contribution in [3.8, 4) is 16.8 Å². The fourth-order valence-corrected chi connectivity index (χ4v) is 8.49. The summed E-state index contributed by atoms with van der Waals surface area (Å²) in [5.74, 6) is 0. The molecule has 10 aromatic carbocycles. The Morgan fingerprint density at radius 1 is 0.319 bits per heavy atom. The Balaban J connectivity index is 1.37. The predicted molar refractivity (Wildman–Crippen MR) is 202 cm³/mol. The van der Waals surface area contributed by atoms with E-state index >= 15 is 0 Å². The van der Waals surface area contributed by atoms with Crippen molar-refractivity contribution in [3.63, 3.8) is 0 Å². The van der Waals surface area contributed by atoms with E-state index in [-0.39, 0.29) is 0 Å². The van der Waals surface area contributed by atoms with E-state index in [0.29, 0.717) is 0 Å². The Kier molecular flexibility index (Phi) is 4.90. The third-order valence-electron chi connectivity index (χ3n) is 10.4. The summed E-state index contributed by atoms with van der Waals surface area (Å²) in [6, 6.07) is 60.8. The van der Waals surface area contributed by atoms with E-state index in [1.807, 2.05) is 0 Å². The molecule has 0 saturated heterocycles. The largest absolute Gasteiger partial charge is 0.308 e. The van der Waals surface area contributed by atoms with Crippen LogP contribution in [0.25, 0.3) is 103 Å². The molecular formula is C46H27N. The number of nitrogens with zero attached hydrogens (tertiary/aromatic N) is 1. The lowest BCUT2D eigenvalue weighted by atomic mass is 9.86. The van der Waals surface area contributed by atoms with Crippen molar-refractivity contribution >= 4 is 86.4 Å². The zero-order chi connectivity index (χ0) is 30.6. The van der Waals surface area contributed by atoms with Gasteiger partial charge in [-0.1, -0.05) is 140 Å². The lowest BCUT2D eigenvalue weighted by Crippen LogP contribution is -1.98. The molecule has 0 bridgehead atoms. The maximum Gasteiger partial charge on any atom is 0.0626 e. The number of aromatic nitrogens is 1. The molecule has 1 nitrogen and oxygen atoms in total. The van der Waals surface area contributed by atoms with Crippen LogP contribution in [0, 0.1) is 0 Å². The molecule has 0 aliphatic heterocycles. The number of benzene rings is 10. The lowest BCUT2D eigenvalue weighted by molar-refractivity contribution is 1.21. The molecule has 0 N–H and O–H groups in total. The number of fused-ring (bicyclic) bond motifs is 9. The third kappa shape index (κ3) is 3.33. The highest BCUT2D eigenvalue weighted by atomic mass is 15.0. The molecule has 11 rings (SSSR count). The second-order valence-corrected chi connectivity index (χ2v) is 12.9. The van der Waals surface area contributed by atoms with Crippen molar-refractivity contribution in [2.24, 2.45) is 0 Å². The molecule has 1 aromatic heterocycles. The van der Waals surface area contributed by atoms with Gasteiger partial charge >= 0.3 is 0 Å². The first-order chi connectivity index (χ1) is 23.3. The quantitative estimate of drug-likeness (QED) is 0.176. The van der Waals surface area contributed by atoms with Crippen LogP contribution in [-0.2, 0) is 0 Å². The Hall–Kier alpha value is -6.18. The Labute approximate surface area is 270 Å². The lowest BCUT2D eigenvalue weighted by Gasteiger charge is -2.19. The van der Waals surface area contributed by atoms with E-state index in [4.69, 9.17) is 0 Å². The standard InChI is InChI=1S/C46H27N/c1-2-12-29-25-31(24-23-28(29)11-1)40-26-32-14-9-20-38-43(32)44-36(40)19-10-21-39(44)46-45(38)37-18-7-8-22-41(37)47(46)42-27-30-13-3-4-15-33(30)34-16-5-6-17-35(34)42/h1-27H.